The van der Waals surface area contributed by atoms with Crippen LogP contribution in [0.3, 0.4) is 0 Å². The van der Waals surface area contributed by atoms with Crippen LogP contribution in [0.4, 0.5) is 5.95 Å². The van der Waals surface area contributed by atoms with E-state index in [1.165, 1.54) is 18.2 Å². The monoisotopic (exact) mass is 368 g/mol. The van der Waals surface area contributed by atoms with E-state index in [1.54, 1.807) is 42.5 Å². The minimum absolute atomic E-state index is 0.0801. The summed E-state index contributed by atoms with van der Waals surface area (Å²) >= 11 is 0. The number of carboxylic acid groups (broad SMARTS) is 1. The van der Waals surface area contributed by atoms with Crippen molar-refractivity contribution >= 4 is 23.9 Å². The molecule has 27 heavy (non-hydrogen) atoms. The second kappa shape index (κ2) is 8.31. The molecule has 1 fully saturated rings. The number of amides is 1. The van der Waals surface area contributed by atoms with Crippen LogP contribution in [0.2, 0.25) is 0 Å². The Morgan fingerprint density at radius 1 is 1.11 bits per heavy atom. The third-order valence-electron chi connectivity index (χ3n) is 4.28. The highest BCUT2D eigenvalue weighted by atomic mass is 16.5. The van der Waals surface area contributed by atoms with Gasteiger partial charge in [0.1, 0.15) is 0 Å². The molecule has 0 bridgehead atoms. The molecule has 0 saturated carbocycles. The third kappa shape index (κ3) is 4.60. The molecular formula is C19H20N4O4. The average molecular weight is 368 g/mol. The predicted molar refractivity (Wildman–Crippen MR) is 99.8 cm³/mol. The molecule has 140 valence electrons. The third-order valence-corrected chi connectivity index (χ3v) is 4.28. The molecule has 0 atom stereocenters. The Kier molecular flexibility index (Phi) is 5.65. The van der Waals surface area contributed by atoms with Crippen LogP contribution in [0.1, 0.15) is 15.9 Å². The summed E-state index contributed by atoms with van der Waals surface area (Å²) in [5.41, 5.74) is 0.992. The molecule has 1 aromatic heterocycles. The molecule has 8 nitrogen and oxygen atoms in total. The van der Waals surface area contributed by atoms with Crippen LogP contribution in [-0.2, 0) is 4.79 Å². The van der Waals surface area contributed by atoms with Crippen LogP contribution in [0.15, 0.2) is 42.6 Å². The molecule has 1 N–H and O–H groups in total. The Labute approximate surface area is 156 Å². The summed E-state index contributed by atoms with van der Waals surface area (Å²) in [6.07, 6.45) is 4.84. The maximum absolute atomic E-state index is 12.4. The minimum atomic E-state index is -0.973. The molecule has 0 spiro atoms. The van der Waals surface area contributed by atoms with Gasteiger partial charge in [0, 0.05) is 44.5 Å². The number of piperazine rings is 1. The lowest BCUT2D eigenvalue weighted by atomic mass is 10.1. The quantitative estimate of drug-likeness (QED) is 0.800. The van der Waals surface area contributed by atoms with Crippen molar-refractivity contribution in [3.8, 4) is 5.88 Å². The van der Waals surface area contributed by atoms with Gasteiger partial charge in [-0.25, -0.2) is 9.78 Å². The lowest BCUT2D eigenvalue weighted by Gasteiger charge is -2.34. The fourth-order valence-electron chi connectivity index (χ4n) is 2.74. The molecule has 1 saturated heterocycles. The van der Waals surface area contributed by atoms with Gasteiger partial charge in [-0.1, -0.05) is 12.1 Å². The summed E-state index contributed by atoms with van der Waals surface area (Å²) in [5.74, 6) is 0.0499. The summed E-state index contributed by atoms with van der Waals surface area (Å²) in [5, 5.41) is 8.90. The van der Waals surface area contributed by atoms with Crippen LogP contribution in [0, 0.1) is 0 Å². The van der Waals surface area contributed by atoms with Crippen molar-refractivity contribution in [1.82, 2.24) is 14.9 Å². The topological polar surface area (TPSA) is 95.9 Å². The van der Waals surface area contributed by atoms with Gasteiger partial charge < -0.3 is 19.6 Å². The molecule has 1 aliphatic rings. The van der Waals surface area contributed by atoms with Gasteiger partial charge in [-0.15, -0.1) is 0 Å². The van der Waals surface area contributed by atoms with Crippen molar-refractivity contribution < 1.29 is 19.4 Å². The van der Waals surface area contributed by atoms with Gasteiger partial charge in [0.15, 0.2) is 0 Å². The molecule has 0 aliphatic carbocycles. The fraction of sp³-hybridized carbons (Fsp3) is 0.263. The Morgan fingerprint density at radius 3 is 2.44 bits per heavy atom. The first-order valence-electron chi connectivity index (χ1n) is 8.49. The Morgan fingerprint density at radius 2 is 1.81 bits per heavy atom. The minimum Gasteiger partial charge on any atom is -0.481 e. The van der Waals surface area contributed by atoms with E-state index < -0.39 is 5.97 Å². The van der Waals surface area contributed by atoms with Gasteiger partial charge in [0.2, 0.25) is 17.7 Å². The van der Waals surface area contributed by atoms with E-state index in [9.17, 15) is 9.59 Å². The lowest BCUT2D eigenvalue weighted by Crippen LogP contribution is -2.48. The summed E-state index contributed by atoms with van der Waals surface area (Å²) in [6, 6.07) is 8.06. The predicted octanol–water partition coefficient (Wildman–Crippen LogP) is 1.55. The fourth-order valence-corrected chi connectivity index (χ4v) is 2.74. The van der Waals surface area contributed by atoms with Crippen molar-refractivity contribution in [2.24, 2.45) is 0 Å². The lowest BCUT2D eigenvalue weighted by molar-refractivity contribution is -0.126. The number of rotatable bonds is 5. The molecule has 1 aromatic carbocycles. The number of methoxy groups -OCH3 is 1. The summed E-state index contributed by atoms with van der Waals surface area (Å²) in [6.45, 7) is 2.42. The first-order valence-corrected chi connectivity index (χ1v) is 8.49. The van der Waals surface area contributed by atoms with Crippen molar-refractivity contribution in [2.75, 3.05) is 38.2 Å². The smallest absolute Gasteiger partial charge is 0.335 e. The number of nitrogens with zero attached hydrogens (tertiary/aromatic N) is 4. The molecule has 3 rings (SSSR count). The van der Waals surface area contributed by atoms with Gasteiger partial charge in [-0.2, -0.15) is 4.98 Å². The number of hydrogen-bond donors (Lipinski definition) is 1. The van der Waals surface area contributed by atoms with E-state index >= 15 is 0 Å². The number of carbonyl (C=O) groups excluding carboxylic acids is 1. The van der Waals surface area contributed by atoms with E-state index in [1.807, 2.05) is 4.90 Å². The van der Waals surface area contributed by atoms with Crippen LogP contribution in [0.5, 0.6) is 5.88 Å². The number of hydrogen-bond acceptors (Lipinski definition) is 6. The summed E-state index contributed by atoms with van der Waals surface area (Å²) in [4.78, 5) is 35.6. The average Bonchev–Trinajstić information content (AvgIpc) is 2.72. The highest BCUT2D eigenvalue weighted by Gasteiger charge is 2.21. The van der Waals surface area contributed by atoms with Crippen molar-refractivity contribution in [3.05, 3.63) is 53.7 Å². The van der Waals surface area contributed by atoms with E-state index in [-0.39, 0.29) is 11.5 Å². The second-order valence-electron chi connectivity index (χ2n) is 5.97. The van der Waals surface area contributed by atoms with E-state index in [0.717, 1.165) is 5.56 Å². The zero-order chi connectivity index (χ0) is 19.2. The highest BCUT2D eigenvalue weighted by Crippen LogP contribution is 2.15. The van der Waals surface area contributed by atoms with Crippen LogP contribution in [0.25, 0.3) is 6.08 Å². The van der Waals surface area contributed by atoms with Crippen molar-refractivity contribution in [1.29, 1.82) is 0 Å². The first-order chi connectivity index (χ1) is 13.1. The van der Waals surface area contributed by atoms with Crippen molar-refractivity contribution in [2.45, 2.75) is 0 Å². The van der Waals surface area contributed by atoms with Gasteiger partial charge in [0.05, 0.1) is 12.7 Å². The number of anilines is 1. The van der Waals surface area contributed by atoms with Crippen LogP contribution < -0.4 is 9.64 Å². The normalized spacial score (nSPS) is 14.4. The second-order valence-corrected chi connectivity index (χ2v) is 5.97. The Balaban J connectivity index is 1.55. The standard InChI is InChI=1S/C19H20N4O4/c1-27-16-8-9-20-19(21-16)23-12-10-22(11-13-23)17(24)7-4-14-2-5-15(6-3-14)18(25)26/h2-9H,10-13H2,1H3,(H,25,26)/b7-4+. The van der Waals surface area contributed by atoms with E-state index in [4.69, 9.17) is 9.84 Å². The molecule has 1 aliphatic heterocycles. The van der Waals surface area contributed by atoms with Gasteiger partial charge in [-0.3, -0.25) is 4.79 Å². The zero-order valence-electron chi connectivity index (χ0n) is 14.9. The SMILES string of the molecule is COc1ccnc(N2CCN(C(=O)/C=C/c3ccc(C(=O)O)cc3)CC2)n1. The number of aromatic carboxylic acids is 1. The summed E-state index contributed by atoms with van der Waals surface area (Å²) in [7, 11) is 1.56. The summed E-state index contributed by atoms with van der Waals surface area (Å²) < 4.78 is 5.12. The maximum Gasteiger partial charge on any atom is 0.335 e. The molecule has 2 heterocycles. The highest BCUT2D eigenvalue weighted by molar-refractivity contribution is 5.92. The van der Waals surface area contributed by atoms with Gasteiger partial charge in [0.25, 0.3) is 0 Å². The van der Waals surface area contributed by atoms with E-state index in [2.05, 4.69) is 9.97 Å². The van der Waals surface area contributed by atoms with Gasteiger partial charge in [-0.05, 0) is 23.8 Å². The molecule has 0 unspecified atom stereocenters. The number of carboxylic acids is 1. The molecule has 8 heteroatoms. The van der Waals surface area contributed by atoms with Crippen LogP contribution in [-0.4, -0.2) is 65.1 Å². The Bertz CT molecular complexity index is 843. The number of carbonyl (C=O) groups is 2. The molecule has 0 radical (unpaired) electrons. The number of ether oxygens (including phenoxy) is 1. The van der Waals surface area contributed by atoms with E-state index in [0.29, 0.717) is 38.0 Å². The first kappa shape index (κ1) is 18.4. The molecule has 1 amide bonds. The zero-order valence-corrected chi connectivity index (χ0v) is 14.9. The van der Waals surface area contributed by atoms with Gasteiger partial charge >= 0.3 is 5.97 Å². The largest absolute Gasteiger partial charge is 0.481 e. The molecular weight excluding hydrogens is 348 g/mol. The van der Waals surface area contributed by atoms with Crippen LogP contribution >= 0.6 is 0 Å². The van der Waals surface area contributed by atoms with Crippen molar-refractivity contribution in [3.63, 3.8) is 0 Å². The maximum atomic E-state index is 12.4. The molecule has 2 aromatic rings. The number of benzene rings is 1. The number of aromatic nitrogens is 2. The Hall–Kier alpha value is -3.42.